The lowest BCUT2D eigenvalue weighted by atomic mass is 10.3. The third-order valence-electron chi connectivity index (χ3n) is 2.24. The number of aromatic hydroxyl groups is 1. The van der Waals surface area contributed by atoms with Crippen LogP contribution in [-0.4, -0.2) is 48.8 Å². The molecule has 0 aliphatic carbocycles. The molecule has 0 radical (unpaired) electrons. The molecule has 0 bridgehead atoms. The van der Waals surface area contributed by atoms with Gasteiger partial charge in [-0.3, -0.25) is 14.9 Å². The Hall–Kier alpha value is -2.19. The molecule has 1 aromatic rings. The number of nitrogens with one attached hydrogen (secondary N) is 1. The zero-order valence-electron chi connectivity index (χ0n) is 11.1. The van der Waals surface area contributed by atoms with Gasteiger partial charge in [0.05, 0.1) is 13.2 Å². The summed E-state index contributed by atoms with van der Waals surface area (Å²) in [6, 6.07) is 2.68. The second-order valence-corrected chi connectivity index (χ2v) is 3.79. The molecule has 0 saturated heterocycles. The molecule has 0 unspecified atom stereocenters. The lowest BCUT2D eigenvalue weighted by Gasteiger charge is -2.08. The Labute approximate surface area is 115 Å². The topological polar surface area (TPSA) is 124 Å². The van der Waals surface area contributed by atoms with Crippen LogP contribution in [0.1, 0.15) is 16.9 Å². The Morgan fingerprint density at radius 3 is 2.80 bits per heavy atom. The number of methoxy groups -OCH3 is 1. The second-order valence-electron chi connectivity index (χ2n) is 3.79. The van der Waals surface area contributed by atoms with Crippen LogP contribution in [0.25, 0.3) is 0 Å². The summed E-state index contributed by atoms with van der Waals surface area (Å²) in [6.45, 7) is 0.560. The maximum Gasteiger partial charge on any atom is 0.280 e. The predicted octanol–water partition coefficient (Wildman–Crippen LogP) is -0.582. The fourth-order valence-corrected chi connectivity index (χ4v) is 1.30. The zero-order chi connectivity index (χ0) is 15.0. The van der Waals surface area contributed by atoms with Gasteiger partial charge < -0.3 is 20.3 Å². The molecule has 4 N–H and O–H groups in total. The molecule has 0 fully saturated rings. The van der Waals surface area contributed by atoms with E-state index >= 15 is 0 Å². The quantitative estimate of drug-likeness (QED) is 0.572. The highest BCUT2D eigenvalue weighted by Crippen LogP contribution is 2.18. The van der Waals surface area contributed by atoms with Crippen molar-refractivity contribution >= 4 is 11.8 Å². The Morgan fingerprint density at radius 2 is 2.15 bits per heavy atom. The van der Waals surface area contributed by atoms with Crippen LogP contribution >= 0.6 is 0 Å². The fraction of sp³-hybridized carbons (Fsp3) is 0.417. The number of hydrogen-bond acceptors (Lipinski definition) is 7. The minimum atomic E-state index is -0.833. The van der Waals surface area contributed by atoms with E-state index in [1.54, 1.807) is 7.11 Å². The van der Waals surface area contributed by atoms with Crippen LogP contribution in [-0.2, 0) is 9.53 Å². The summed E-state index contributed by atoms with van der Waals surface area (Å²) in [7, 11) is 1.58. The second kappa shape index (κ2) is 8.08. The van der Waals surface area contributed by atoms with E-state index in [4.69, 9.17) is 15.2 Å². The first kappa shape index (κ1) is 15.9. The number of carbonyl (C=O) groups is 2. The van der Waals surface area contributed by atoms with Gasteiger partial charge in [-0.25, -0.2) is 4.98 Å². The largest absolute Gasteiger partial charge is 0.505 e. The summed E-state index contributed by atoms with van der Waals surface area (Å²) in [5, 5.41) is 11.5. The van der Waals surface area contributed by atoms with Crippen LogP contribution in [0.4, 0.5) is 0 Å². The molecule has 1 aromatic heterocycles. The summed E-state index contributed by atoms with van der Waals surface area (Å²) >= 11 is 0. The number of nitrogens with zero attached hydrogens (tertiary/aromatic N) is 1. The normalized spacial score (nSPS) is 10.1. The Bertz CT molecular complexity index is 478. The number of aromatic nitrogens is 1. The highest BCUT2D eigenvalue weighted by molar-refractivity contribution is 6.05. The van der Waals surface area contributed by atoms with E-state index in [0.29, 0.717) is 19.6 Å². The Morgan fingerprint density at radius 1 is 1.40 bits per heavy atom. The van der Waals surface area contributed by atoms with Crippen LogP contribution in [0, 0.1) is 0 Å². The van der Waals surface area contributed by atoms with Crippen LogP contribution in [0.5, 0.6) is 11.6 Å². The van der Waals surface area contributed by atoms with Crippen molar-refractivity contribution in [2.24, 2.45) is 5.73 Å². The summed E-state index contributed by atoms with van der Waals surface area (Å²) < 4.78 is 10.2. The average molecular weight is 283 g/mol. The van der Waals surface area contributed by atoms with Gasteiger partial charge in [-0.15, -0.1) is 0 Å². The predicted molar refractivity (Wildman–Crippen MR) is 69.4 cm³/mol. The molecule has 0 aliphatic heterocycles. The first-order valence-corrected chi connectivity index (χ1v) is 5.94. The van der Waals surface area contributed by atoms with Gasteiger partial charge >= 0.3 is 0 Å². The first-order chi connectivity index (χ1) is 9.58. The molecule has 0 aromatic carbocycles. The van der Waals surface area contributed by atoms with Crippen molar-refractivity contribution in [2.45, 2.75) is 6.42 Å². The van der Waals surface area contributed by atoms with Crippen molar-refractivity contribution in [1.29, 1.82) is 0 Å². The van der Waals surface area contributed by atoms with Gasteiger partial charge in [0.15, 0.2) is 5.69 Å². The molecule has 8 heteroatoms. The monoisotopic (exact) mass is 283 g/mol. The van der Waals surface area contributed by atoms with Gasteiger partial charge in [0.2, 0.25) is 11.8 Å². The van der Waals surface area contributed by atoms with Gasteiger partial charge in [0.1, 0.15) is 5.75 Å². The van der Waals surface area contributed by atoms with E-state index in [-0.39, 0.29) is 23.9 Å². The van der Waals surface area contributed by atoms with Crippen LogP contribution in [0.2, 0.25) is 0 Å². The molecular weight excluding hydrogens is 266 g/mol. The summed E-state index contributed by atoms with van der Waals surface area (Å²) in [5.74, 6) is -1.68. The van der Waals surface area contributed by atoms with Crippen molar-refractivity contribution in [3.8, 4) is 11.6 Å². The van der Waals surface area contributed by atoms with Gasteiger partial charge in [-0.2, -0.15) is 0 Å². The maximum atomic E-state index is 11.7. The SMILES string of the molecule is COCCCOc1ccc(O)c(C(=O)NC(=O)CN)n1. The summed E-state index contributed by atoms with van der Waals surface area (Å²) in [6.07, 6.45) is 0.659. The van der Waals surface area contributed by atoms with E-state index in [1.165, 1.54) is 12.1 Å². The molecule has 110 valence electrons. The maximum absolute atomic E-state index is 11.7. The number of rotatable bonds is 7. The Kier molecular flexibility index (Phi) is 6.41. The third kappa shape index (κ3) is 4.82. The van der Waals surface area contributed by atoms with Gasteiger partial charge in [0, 0.05) is 26.2 Å². The zero-order valence-corrected chi connectivity index (χ0v) is 11.1. The number of pyridine rings is 1. The third-order valence-corrected chi connectivity index (χ3v) is 2.24. The summed E-state index contributed by atoms with van der Waals surface area (Å²) in [5.41, 5.74) is 4.78. The molecule has 20 heavy (non-hydrogen) atoms. The molecule has 0 saturated carbocycles. The van der Waals surface area contributed by atoms with Crippen molar-refractivity contribution < 1.29 is 24.2 Å². The van der Waals surface area contributed by atoms with Crippen LogP contribution in [0.15, 0.2) is 12.1 Å². The smallest absolute Gasteiger partial charge is 0.280 e. The molecular formula is C12H17N3O5. The standard InChI is InChI=1S/C12H17N3O5/c1-19-5-2-6-20-10-4-3-8(16)11(15-10)12(18)14-9(17)7-13/h3-4,16H,2,5-7,13H2,1H3,(H,14,17,18). The highest BCUT2D eigenvalue weighted by atomic mass is 16.5. The molecule has 8 nitrogen and oxygen atoms in total. The number of ether oxygens (including phenoxy) is 2. The molecule has 1 heterocycles. The van der Waals surface area contributed by atoms with E-state index in [9.17, 15) is 14.7 Å². The molecule has 0 aliphatic rings. The number of carbonyl (C=O) groups excluding carboxylic acids is 2. The number of amides is 2. The fourth-order valence-electron chi connectivity index (χ4n) is 1.30. The van der Waals surface area contributed by atoms with Crippen molar-refractivity contribution in [1.82, 2.24) is 10.3 Å². The van der Waals surface area contributed by atoms with Gasteiger partial charge in [-0.1, -0.05) is 0 Å². The minimum absolute atomic E-state index is 0.171. The molecule has 2 amide bonds. The number of hydrogen-bond donors (Lipinski definition) is 3. The van der Waals surface area contributed by atoms with Crippen molar-refractivity contribution in [3.05, 3.63) is 17.8 Å². The molecule has 1 rings (SSSR count). The number of nitrogens with two attached hydrogens (primary N) is 1. The first-order valence-electron chi connectivity index (χ1n) is 5.94. The van der Waals surface area contributed by atoms with Gasteiger partial charge in [0.25, 0.3) is 5.91 Å². The average Bonchev–Trinajstić information content (AvgIpc) is 2.44. The van der Waals surface area contributed by atoms with E-state index in [2.05, 4.69) is 4.98 Å². The summed E-state index contributed by atoms with van der Waals surface area (Å²) in [4.78, 5) is 26.5. The van der Waals surface area contributed by atoms with E-state index < -0.39 is 11.8 Å². The highest BCUT2D eigenvalue weighted by Gasteiger charge is 2.16. The minimum Gasteiger partial charge on any atom is -0.505 e. The van der Waals surface area contributed by atoms with Crippen molar-refractivity contribution in [3.63, 3.8) is 0 Å². The molecule has 0 spiro atoms. The Balaban J connectivity index is 2.70. The van der Waals surface area contributed by atoms with E-state index in [1.807, 2.05) is 5.32 Å². The van der Waals surface area contributed by atoms with Crippen LogP contribution < -0.4 is 15.8 Å². The number of imide groups is 1. The lowest BCUT2D eigenvalue weighted by Crippen LogP contribution is -2.35. The van der Waals surface area contributed by atoms with E-state index in [0.717, 1.165) is 0 Å². The van der Waals surface area contributed by atoms with Crippen LogP contribution in [0.3, 0.4) is 0 Å². The van der Waals surface area contributed by atoms with Crippen molar-refractivity contribution in [2.75, 3.05) is 26.9 Å². The lowest BCUT2D eigenvalue weighted by molar-refractivity contribution is -0.118. The molecule has 0 atom stereocenters. The van der Waals surface area contributed by atoms with Gasteiger partial charge in [-0.05, 0) is 6.07 Å².